The van der Waals surface area contributed by atoms with Crippen molar-refractivity contribution in [3.05, 3.63) is 78.0 Å². The van der Waals surface area contributed by atoms with Crippen LogP contribution in [0.2, 0.25) is 19.6 Å². The first-order chi connectivity index (χ1) is 16.3. The van der Waals surface area contributed by atoms with Gasteiger partial charge in [0.2, 0.25) is 5.52 Å². The van der Waals surface area contributed by atoms with Crippen molar-refractivity contribution in [3.8, 4) is 0 Å². The van der Waals surface area contributed by atoms with Crippen molar-refractivity contribution in [2.75, 3.05) is 0 Å². The van der Waals surface area contributed by atoms with Crippen LogP contribution in [0.3, 0.4) is 0 Å². The van der Waals surface area contributed by atoms with Gasteiger partial charge in [-0.3, -0.25) is 0 Å². The predicted molar refractivity (Wildman–Crippen MR) is 150 cm³/mol. The minimum absolute atomic E-state index is 1.31. The van der Waals surface area contributed by atoms with Crippen LogP contribution in [0.5, 0.6) is 0 Å². The first kappa shape index (κ1) is 20.0. The molecule has 0 unspecified atom stereocenters. The van der Waals surface area contributed by atoms with Crippen molar-refractivity contribution in [2.45, 2.75) is 33.5 Å². The molecular weight excluding hydrogens is 428 g/mol. The molecule has 0 N–H and O–H groups in total. The third-order valence-electron chi connectivity index (χ3n) is 8.02. The summed E-state index contributed by atoms with van der Waals surface area (Å²) in [6.07, 6.45) is 2.28. The van der Waals surface area contributed by atoms with E-state index in [9.17, 15) is 0 Å². The second-order valence-corrected chi connectivity index (χ2v) is 16.0. The molecular formula is C31H29N2Si+. The minimum atomic E-state index is -1.59. The fourth-order valence-corrected chi connectivity index (χ4v) is 8.07. The van der Waals surface area contributed by atoms with Crippen LogP contribution in [0.25, 0.3) is 59.8 Å². The van der Waals surface area contributed by atoms with Gasteiger partial charge in [0.1, 0.15) is 7.05 Å². The normalized spacial score (nSPS) is 13.0. The van der Waals surface area contributed by atoms with Gasteiger partial charge in [-0.2, -0.15) is 0 Å². The third-order valence-corrected chi connectivity index (χ3v) is 10.1. The van der Waals surface area contributed by atoms with E-state index in [2.05, 4.69) is 116 Å². The Bertz CT molecular complexity index is 1970. The number of aryl methyl sites for hydroxylation is 3. The van der Waals surface area contributed by atoms with Gasteiger partial charge in [0.05, 0.1) is 35.4 Å². The van der Waals surface area contributed by atoms with Gasteiger partial charge in [-0.05, 0) is 47.2 Å². The molecule has 34 heavy (non-hydrogen) atoms. The van der Waals surface area contributed by atoms with E-state index in [4.69, 9.17) is 0 Å². The number of rotatable bonds is 1. The Hall–Kier alpha value is -3.43. The standard InChI is InChI=1S/C31H29N2Si/c1-18-20-11-7-8-12-21(20)19(2)29-27(18)31-28-23(15-16-32(31)3)26(34(4,5)6)17-24-22-13-9-10-14-25(22)33(29)30(24)28/h7-17H,1-6H3/q+1. The molecule has 0 spiro atoms. The number of pyridine rings is 2. The highest BCUT2D eigenvalue weighted by Crippen LogP contribution is 2.43. The van der Waals surface area contributed by atoms with Gasteiger partial charge in [0.15, 0.2) is 6.20 Å². The number of fused-ring (bicyclic) bond motifs is 7. The van der Waals surface area contributed by atoms with Crippen LogP contribution in [0.15, 0.2) is 66.9 Å². The Labute approximate surface area is 200 Å². The maximum Gasteiger partial charge on any atom is 0.224 e. The van der Waals surface area contributed by atoms with Crippen LogP contribution in [0, 0.1) is 13.8 Å². The molecule has 0 aliphatic carbocycles. The molecule has 3 heteroatoms. The predicted octanol–water partition coefficient (Wildman–Crippen LogP) is 7.13. The zero-order valence-electron chi connectivity index (χ0n) is 20.7. The summed E-state index contributed by atoms with van der Waals surface area (Å²) >= 11 is 0. The summed E-state index contributed by atoms with van der Waals surface area (Å²) in [4.78, 5) is 0. The highest BCUT2D eigenvalue weighted by molar-refractivity contribution is 6.90. The molecule has 166 valence electrons. The number of benzene rings is 4. The molecule has 0 radical (unpaired) electrons. The van der Waals surface area contributed by atoms with E-state index in [1.165, 1.54) is 70.9 Å². The summed E-state index contributed by atoms with van der Waals surface area (Å²) in [5.74, 6) is 0. The van der Waals surface area contributed by atoms with Crippen molar-refractivity contribution >= 4 is 73.0 Å². The lowest BCUT2D eigenvalue weighted by Crippen LogP contribution is -2.39. The Morgan fingerprint density at radius 1 is 0.676 bits per heavy atom. The number of para-hydroxylation sites is 1. The lowest BCUT2D eigenvalue weighted by Gasteiger charge is -2.22. The molecule has 3 aromatic heterocycles. The SMILES string of the molecule is Cc1c2ccccc2c(C)c2c1c1c3c(cc[n+]1C)c([Si](C)(C)C)cc1c4ccccc4n2c13. The van der Waals surface area contributed by atoms with Gasteiger partial charge in [0.25, 0.3) is 0 Å². The second kappa shape index (κ2) is 6.37. The van der Waals surface area contributed by atoms with E-state index < -0.39 is 8.07 Å². The molecule has 0 aliphatic rings. The van der Waals surface area contributed by atoms with E-state index in [0.29, 0.717) is 0 Å². The van der Waals surface area contributed by atoms with Crippen molar-refractivity contribution in [2.24, 2.45) is 7.05 Å². The van der Waals surface area contributed by atoms with E-state index in [0.717, 1.165) is 0 Å². The zero-order chi connectivity index (χ0) is 23.5. The average Bonchev–Trinajstić information content (AvgIpc) is 3.16. The highest BCUT2D eigenvalue weighted by atomic mass is 28.3. The quantitative estimate of drug-likeness (QED) is 0.107. The number of nitrogens with zero attached hydrogens (tertiary/aromatic N) is 2. The summed E-state index contributed by atoms with van der Waals surface area (Å²) in [6, 6.07) is 22.8. The van der Waals surface area contributed by atoms with Gasteiger partial charge in [-0.1, -0.05) is 73.4 Å². The van der Waals surface area contributed by atoms with Crippen molar-refractivity contribution in [1.82, 2.24) is 4.40 Å². The topological polar surface area (TPSA) is 8.29 Å². The Balaban J connectivity index is 1.98. The van der Waals surface area contributed by atoms with Crippen LogP contribution in [-0.2, 0) is 7.05 Å². The summed E-state index contributed by atoms with van der Waals surface area (Å²) in [7, 11) is 0.629. The van der Waals surface area contributed by atoms with E-state index >= 15 is 0 Å². The molecule has 0 bridgehead atoms. The maximum atomic E-state index is 2.58. The van der Waals surface area contributed by atoms with Crippen LogP contribution < -0.4 is 9.75 Å². The Morgan fingerprint density at radius 3 is 2.03 bits per heavy atom. The second-order valence-electron chi connectivity index (χ2n) is 11.0. The van der Waals surface area contributed by atoms with Crippen LogP contribution in [0.1, 0.15) is 11.1 Å². The Kier molecular flexibility index (Phi) is 3.74. The van der Waals surface area contributed by atoms with E-state index in [1.54, 1.807) is 5.19 Å². The first-order valence-corrected chi connectivity index (χ1v) is 15.7. The molecule has 0 atom stereocenters. The maximum absolute atomic E-state index is 2.58. The van der Waals surface area contributed by atoms with Crippen molar-refractivity contribution < 1.29 is 4.57 Å². The van der Waals surface area contributed by atoms with Crippen LogP contribution in [0.4, 0.5) is 0 Å². The molecule has 4 aromatic carbocycles. The molecule has 0 saturated carbocycles. The molecule has 7 rings (SSSR count). The highest BCUT2D eigenvalue weighted by Gasteiger charge is 2.30. The lowest BCUT2D eigenvalue weighted by atomic mass is 9.93. The van der Waals surface area contributed by atoms with Crippen LogP contribution in [-0.4, -0.2) is 12.5 Å². The molecule has 0 aliphatic heterocycles. The minimum Gasteiger partial charge on any atom is -0.307 e. The summed E-state index contributed by atoms with van der Waals surface area (Å²) in [6.45, 7) is 12.0. The molecule has 0 fully saturated rings. The lowest BCUT2D eigenvalue weighted by molar-refractivity contribution is -0.643. The molecule has 0 amide bonds. The zero-order valence-corrected chi connectivity index (χ0v) is 21.7. The number of hydrogen-bond donors (Lipinski definition) is 0. The summed E-state index contributed by atoms with van der Waals surface area (Å²) in [5.41, 5.74) is 8.11. The van der Waals surface area contributed by atoms with E-state index in [-0.39, 0.29) is 0 Å². The molecule has 0 saturated heterocycles. The van der Waals surface area contributed by atoms with Gasteiger partial charge < -0.3 is 4.40 Å². The smallest absolute Gasteiger partial charge is 0.224 e. The average molecular weight is 458 g/mol. The largest absolute Gasteiger partial charge is 0.307 e. The fraction of sp³-hybridized carbons (Fsp3) is 0.194. The monoisotopic (exact) mass is 457 g/mol. The molecule has 3 heterocycles. The van der Waals surface area contributed by atoms with Crippen LogP contribution >= 0.6 is 0 Å². The van der Waals surface area contributed by atoms with Gasteiger partial charge in [-0.15, -0.1) is 0 Å². The van der Waals surface area contributed by atoms with Gasteiger partial charge in [-0.25, -0.2) is 4.57 Å². The third kappa shape index (κ3) is 2.28. The van der Waals surface area contributed by atoms with Crippen molar-refractivity contribution in [1.29, 1.82) is 0 Å². The van der Waals surface area contributed by atoms with Gasteiger partial charge >= 0.3 is 0 Å². The van der Waals surface area contributed by atoms with Gasteiger partial charge in [0, 0.05) is 16.8 Å². The number of hydrogen-bond acceptors (Lipinski definition) is 0. The van der Waals surface area contributed by atoms with Crippen molar-refractivity contribution in [3.63, 3.8) is 0 Å². The number of aromatic nitrogens is 2. The summed E-state index contributed by atoms with van der Waals surface area (Å²) < 4.78 is 4.94. The molecule has 7 aromatic rings. The molecule has 2 nitrogen and oxygen atoms in total. The van der Waals surface area contributed by atoms with E-state index in [1.807, 2.05) is 0 Å². The fourth-order valence-electron chi connectivity index (χ4n) is 6.48. The summed E-state index contributed by atoms with van der Waals surface area (Å²) in [5, 5.41) is 11.2. The first-order valence-electron chi connectivity index (χ1n) is 12.2. The Morgan fingerprint density at radius 2 is 1.32 bits per heavy atom.